The Bertz CT molecular complexity index is 1140. The molecule has 0 unspecified atom stereocenters. The van der Waals surface area contributed by atoms with Gasteiger partial charge in [0.1, 0.15) is 5.75 Å². The summed E-state index contributed by atoms with van der Waals surface area (Å²) < 4.78 is 32.5. The van der Waals surface area contributed by atoms with Gasteiger partial charge in [-0.3, -0.25) is 9.52 Å². The fourth-order valence-corrected chi connectivity index (χ4v) is 4.72. The lowest BCUT2D eigenvalue weighted by molar-refractivity contribution is -0.116. The molecular formula is C21H23N3O4S2. The van der Waals surface area contributed by atoms with Crippen LogP contribution >= 0.6 is 11.3 Å². The van der Waals surface area contributed by atoms with E-state index in [0.29, 0.717) is 17.9 Å². The summed E-state index contributed by atoms with van der Waals surface area (Å²) >= 11 is 1.18. The number of aromatic nitrogens is 1. The lowest BCUT2D eigenvalue weighted by atomic mass is 10.1. The number of carbonyl (C=O) groups is 1. The number of carbonyl (C=O) groups excluding carboxylic acids is 1. The van der Waals surface area contributed by atoms with Crippen molar-refractivity contribution in [2.45, 2.75) is 31.6 Å². The Kier molecular flexibility index (Phi) is 6.73. The lowest BCUT2D eigenvalue weighted by Gasteiger charge is -2.09. The molecule has 0 aliphatic rings. The van der Waals surface area contributed by atoms with Gasteiger partial charge < -0.3 is 10.1 Å². The van der Waals surface area contributed by atoms with Crippen molar-refractivity contribution in [3.8, 4) is 5.75 Å². The number of nitrogens with one attached hydrogen (secondary N) is 2. The maximum absolute atomic E-state index is 12.5. The van der Waals surface area contributed by atoms with Crippen molar-refractivity contribution in [1.82, 2.24) is 4.98 Å². The quantitative estimate of drug-likeness (QED) is 0.543. The van der Waals surface area contributed by atoms with E-state index in [9.17, 15) is 13.2 Å². The molecule has 3 rings (SSSR count). The van der Waals surface area contributed by atoms with E-state index >= 15 is 0 Å². The number of benzene rings is 2. The lowest BCUT2D eigenvalue weighted by Crippen LogP contribution is -2.14. The Balaban J connectivity index is 1.58. The smallest absolute Gasteiger partial charge is 0.263 e. The minimum Gasteiger partial charge on any atom is -0.497 e. The summed E-state index contributed by atoms with van der Waals surface area (Å²) in [6.07, 6.45) is 0.666. The summed E-state index contributed by atoms with van der Waals surface area (Å²) in [4.78, 5) is 16.7. The van der Waals surface area contributed by atoms with Gasteiger partial charge in [-0.15, -0.1) is 11.3 Å². The molecule has 0 spiro atoms. The van der Waals surface area contributed by atoms with E-state index in [-0.39, 0.29) is 22.4 Å². The van der Waals surface area contributed by atoms with Crippen molar-refractivity contribution in [3.05, 3.63) is 64.7 Å². The van der Waals surface area contributed by atoms with Crippen molar-refractivity contribution in [3.63, 3.8) is 0 Å². The predicted molar refractivity (Wildman–Crippen MR) is 119 cm³/mol. The first kappa shape index (κ1) is 21.8. The van der Waals surface area contributed by atoms with Crippen LogP contribution in [0.4, 0.5) is 10.8 Å². The van der Waals surface area contributed by atoms with Crippen LogP contribution < -0.4 is 14.8 Å². The summed E-state index contributed by atoms with van der Waals surface area (Å²) in [5, 5.41) is 4.92. The molecule has 7 nitrogen and oxygen atoms in total. The number of nitrogens with zero attached hydrogens (tertiary/aromatic N) is 1. The van der Waals surface area contributed by atoms with Gasteiger partial charge in [-0.2, -0.15) is 0 Å². The van der Waals surface area contributed by atoms with Crippen LogP contribution in [0.25, 0.3) is 0 Å². The van der Waals surface area contributed by atoms with Crippen molar-refractivity contribution in [2.24, 2.45) is 0 Å². The van der Waals surface area contributed by atoms with E-state index in [4.69, 9.17) is 4.74 Å². The van der Waals surface area contributed by atoms with Gasteiger partial charge in [-0.05, 0) is 61.7 Å². The summed E-state index contributed by atoms with van der Waals surface area (Å²) in [6.45, 7) is 3.91. The molecule has 2 N–H and O–H groups in total. The summed E-state index contributed by atoms with van der Waals surface area (Å²) in [5.74, 6) is 0.460. The van der Waals surface area contributed by atoms with Crippen LogP contribution in [-0.4, -0.2) is 26.4 Å². The van der Waals surface area contributed by atoms with Crippen LogP contribution in [0.2, 0.25) is 0 Å². The molecule has 1 aromatic heterocycles. The number of hydrogen-bond acceptors (Lipinski definition) is 6. The average Bonchev–Trinajstić information content (AvgIpc) is 3.16. The number of sulfonamides is 1. The van der Waals surface area contributed by atoms with Crippen LogP contribution in [0.1, 0.15) is 23.2 Å². The molecule has 1 amide bonds. The normalized spacial score (nSPS) is 11.2. The second kappa shape index (κ2) is 9.27. The van der Waals surface area contributed by atoms with E-state index in [1.54, 1.807) is 17.5 Å². The summed E-state index contributed by atoms with van der Waals surface area (Å²) in [7, 11) is -2.23. The van der Waals surface area contributed by atoms with Gasteiger partial charge in [0.25, 0.3) is 10.0 Å². The van der Waals surface area contributed by atoms with Gasteiger partial charge in [-0.1, -0.05) is 12.1 Å². The van der Waals surface area contributed by atoms with E-state index in [1.165, 1.54) is 30.6 Å². The SMILES string of the molecule is COc1ccc(S(=O)(=O)Nc2nc(CCC(=O)Nc3cc(C)ccc3C)cs2)cc1. The maximum Gasteiger partial charge on any atom is 0.263 e. The number of anilines is 2. The molecule has 2 aromatic carbocycles. The molecule has 0 saturated heterocycles. The zero-order valence-corrected chi connectivity index (χ0v) is 18.6. The van der Waals surface area contributed by atoms with Gasteiger partial charge in [0.2, 0.25) is 5.91 Å². The van der Waals surface area contributed by atoms with E-state index in [1.807, 2.05) is 32.0 Å². The molecule has 0 aliphatic heterocycles. The van der Waals surface area contributed by atoms with E-state index in [0.717, 1.165) is 16.8 Å². The van der Waals surface area contributed by atoms with Gasteiger partial charge >= 0.3 is 0 Å². The van der Waals surface area contributed by atoms with Gasteiger partial charge in [-0.25, -0.2) is 13.4 Å². The maximum atomic E-state index is 12.5. The van der Waals surface area contributed by atoms with Crippen LogP contribution in [0.5, 0.6) is 5.75 Å². The monoisotopic (exact) mass is 445 g/mol. The number of thiazole rings is 1. The molecule has 3 aromatic rings. The molecule has 158 valence electrons. The number of aryl methyl sites for hydroxylation is 3. The van der Waals surface area contributed by atoms with E-state index in [2.05, 4.69) is 15.0 Å². The predicted octanol–water partition coefficient (Wildman–Crippen LogP) is 4.14. The Morgan fingerprint density at radius 3 is 2.57 bits per heavy atom. The number of hydrogen-bond donors (Lipinski definition) is 2. The average molecular weight is 446 g/mol. The van der Waals surface area contributed by atoms with Crippen molar-refractivity contribution in [2.75, 3.05) is 17.1 Å². The summed E-state index contributed by atoms with van der Waals surface area (Å²) in [5.41, 5.74) is 3.52. The van der Waals surface area contributed by atoms with Crippen molar-refractivity contribution >= 4 is 38.1 Å². The van der Waals surface area contributed by atoms with E-state index < -0.39 is 10.0 Å². The topological polar surface area (TPSA) is 97.4 Å². The van der Waals surface area contributed by atoms with Gasteiger partial charge in [0, 0.05) is 17.5 Å². The summed E-state index contributed by atoms with van der Waals surface area (Å²) in [6, 6.07) is 12.0. The van der Waals surface area contributed by atoms with Crippen molar-refractivity contribution in [1.29, 1.82) is 0 Å². The number of amides is 1. The Hall–Kier alpha value is -2.91. The highest BCUT2D eigenvalue weighted by Gasteiger charge is 2.16. The highest BCUT2D eigenvalue weighted by molar-refractivity contribution is 7.93. The minimum atomic E-state index is -3.74. The molecule has 1 heterocycles. The third kappa shape index (κ3) is 5.58. The Morgan fingerprint density at radius 1 is 1.13 bits per heavy atom. The van der Waals surface area contributed by atoms with Gasteiger partial charge in [0.05, 0.1) is 17.7 Å². The van der Waals surface area contributed by atoms with Crippen LogP contribution in [-0.2, 0) is 21.2 Å². The molecule has 0 radical (unpaired) electrons. The molecule has 0 fully saturated rings. The fraction of sp³-hybridized carbons (Fsp3) is 0.238. The van der Waals surface area contributed by atoms with Crippen LogP contribution in [0.15, 0.2) is 52.7 Å². The minimum absolute atomic E-state index is 0.114. The molecule has 0 bridgehead atoms. The Labute approximate surface area is 180 Å². The van der Waals surface area contributed by atoms with Gasteiger partial charge in [0.15, 0.2) is 5.13 Å². The zero-order valence-electron chi connectivity index (χ0n) is 16.9. The first-order valence-corrected chi connectivity index (χ1v) is 11.6. The zero-order chi connectivity index (χ0) is 21.7. The molecule has 0 aliphatic carbocycles. The third-order valence-corrected chi connectivity index (χ3v) is 6.71. The highest BCUT2D eigenvalue weighted by atomic mass is 32.2. The second-order valence-electron chi connectivity index (χ2n) is 6.79. The largest absolute Gasteiger partial charge is 0.497 e. The molecule has 30 heavy (non-hydrogen) atoms. The highest BCUT2D eigenvalue weighted by Crippen LogP contribution is 2.23. The first-order chi connectivity index (χ1) is 14.3. The number of methoxy groups -OCH3 is 1. The molecule has 0 saturated carbocycles. The van der Waals surface area contributed by atoms with Crippen LogP contribution in [0.3, 0.4) is 0 Å². The Morgan fingerprint density at radius 2 is 1.87 bits per heavy atom. The number of ether oxygens (including phenoxy) is 1. The first-order valence-electron chi connectivity index (χ1n) is 9.25. The second-order valence-corrected chi connectivity index (χ2v) is 9.33. The van der Waals surface area contributed by atoms with Crippen molar-refractivity contribution < 1.29 is 17.9 Å². The molecule has 0 atom stereocenters. The standard InChI is InChI=1S/C21H23N3O4S2/c1-14-4-5-15(2)19(12-14)23-20(25)11-6-16-13-29-21(22-16)24-30(26,27)18-9-7-17(28-3)8-10-18/h4-5,7-10,12-13H,6,11H2,1-3H3,(H,22,24)(H,23,25). The fourth-order valence-electron chi connectivity index (χ4n) is 2.72. The molecular weight excluding hydrogens is 422 g/mol. The van der Waals surface area contributed by atoms with Crippen LogP contribution in [0, 0.1) is 13.8 Å². The molecule has 9 heteroatoms. The third-order valence-electron chi connectivity index (χ3n) is 4.42. The number of rotatable bonds is 8.